The van der Waals surface area contributed by atoms with Gasteiger partial charge in [-0.2, -0.15) is 5.10 Å². The van der Waals surface area contributed by atoms with Crippen LogP contribution >= 0.6 is 0 Å². The molecule has 2 aliphatic rings. The molecule has 0 bridgehead atoms. The molecule has 104 valence electrons. The first kappa shape index (κ1) is 12.7. The molecule has 19 heavy (non-hydrogen) atoms. The Hall–Kier alpha value is -1.36. The molecule has 0 radical (unpaired) electrons. The molecule has 1 saturated heterocycles. The van der Waals surface area contributed by atoms with E-state index < -0.39 is 0 Å². The van der Waals surface area contributed by atoms with E-state index in [9.17, 15) is 4.79 Å². The second-order valence-corrected chi connectivity index (χ2v) is 5.68. The number of aromatic nitrogens is 2. The van der Waals surface area contributed by atoms with Gasteiger partial charge in [-0.25, -0.2) is 0 Å². The molecule has 1 amide bonds. The number of aryl methyl sites for hydroxylation is 1. The van der Waals surface area contributed by atoms with E-state index in [-0.39, 0.29) is 11.9 Å². The quantitative estimate of drug-likeness (QED) is 0.856. The first-order valence-corrected chi connectivity index (χ1v) is 7.27. The van der Waals surface area contributed by atoms with Crippen molar-refractivity contribution in [3.8, 4) is 0 Å². The molecule has 0 saturated carbocycles. The lowest BCUT2D eigenvalue weighted by Gasteiger charge is -2.24. The van der Waals surface area contributed by atoms with Gasteiger partial charge in [0.25, 0.3) is 0 Å². The van der Waals surface area contributed by atoms with Crippen molar-refractivity contribution in [1.82, 2.24) is 20.4 Å². The molecule has 0 spiro atoms. The molecule has 5 nitrogen and oxygen atoms in total. The van der Waals surface area contributed by atoms with Gasteiger partial charge in [0.2, 0.25) is 5.91 Å². The van der Waals surface area contributed by atoms with Crippen LogP contribution in [0.2, 0.25) is 0 Å². The first-order chi connectivity index (χ1) is 9.24. The normalized spacial score (nSPS) is 26.2. The number of rotatable bonds is 3. The highest BCUT2D eigenvalue weighted by molar-refractivity contribution is 5.77. The molecule has 2 atom stereocenters. The summed E-state index contributed by atoms with van der Waals surface area (Å²) in [6.45, 7) is 1.05. The molecule has 2 heterocycles. The van der Waals surface area contributed by atoms with Crippen molar-refractivity contribution in [2.45, 2.75) is 50.6 Å². The van der Waals surface area contributed by atoms with Crippen molar-refractivity contribution >= 4 is 5.91 Å². The highest BCUT2D eigenvalue weighted by atomic mass is 16.1. The van der Waals surface area contributed by atoms with E-state index in [0.29, 0.717) is 12.5 Å². The van der Waals surface area contributed by atoms with Crippen molar-refractivity contribution < 1.29 is 4.79 Å². The van der Waals surface area contributed by atoms with Gasteiger partial charge in [0.05, 0.1) is 12.2 Å². The molecule has 5 heteroatoms. The maximum atomic E-state index is 12.1. The predicted octanol–water partition coefficient (Wildman–Crippen LogP) is 1.06. The number of amides is 1. The van der Waals surface area contributed by atoms with Crippen molar-refractivity contribution in [2.24, 2.45) is 7.05 Å². The van der Waals surface area contributed by atoms with E-state index in [0.717, 1.165) is 32.2 Å². The Labute approximate surface area is 113 Å². The highest BCUT2D eigenvalue weighted by Crippen LogP contribution is 2.29. The van der Waals surface area contributed by atoms with E-state index >= 15 is 0 Å². The molecule has 1 aliphatic carbocycles. The van der Waals surface area contributed by atoms with Crippen LogP contribution in [0.4, 0.5) is 0 Å². The van der Waals surface area contributed by atoms with Crippen LogP contribution in [0, 0.1) is 0 Å². The number of hydrogen-bond acceptors (Lipinski definition) is 3. The number of nitrogens with zero attached hydrogens (tertiary/aromatic N) is 2. The summed E-state index contributed by atoms with van der Waals surface area (Å²) in [6.07, 6.45) is 8.05. The molecule has 2 unspecified atom stereocenters. The van der Waals surface area contributed by atoms with Gasteiger partial charge in [0.15, 0.2) is 0 Å². The molecule has 1 aromatic rings. The van der Waals surface area contributed by atoms with Gasteiger partial charge < -0.3 is 10.6 Å². The summed E-state index contributed by atoms with van der Waals surface area (Å²) in [5.41, 5.74) is 2.48. The Morgan fingerprint density at radius 1 is 1.53 bits per heavy atom. The van der Waals surface area contributed by atoms with Crippen LogP contribution in [0.5, 0.6) is 0 Å². The summed E-state index contributed by atoms with van der Waals surface area (Å²) in [6, 6.07) is 0.531. The third-order valence-electron chi connectivity index (χ3n) is 4.31. The van der Waals surface area contributed by atoms with Gasteiger partial charge in [0.1, 0.15) is 0 Å². The fourth-order valence-electron chi connectivity index (χ4n) is 3.26. The highest BCUT2D eigenvalue weighted by Gasteiger charge is 2.26. The standard InChI is InChI=1S/C14H22N4O/c1-18-13-6-2-5-12(11(13)9-16-18)17-14(19)8-10-4-3-7-15-10/h9-10,12,15H,2-8H2,1H3,(H,17,19). The number of carbonyl (C=O) groups excluding carboxylic acids is 1. The van der Waals surface area contributed by atoms with Crippen LogP contribution in [0.25, 0.3) is 0 Å². The molecule has 3 rings (SSSR count). The molecular weight excluding hydrogens is 240 g/mol. The Kier molecular flexibility index (Phi) is 3.55. The van der Waals surface area contributed by atoms with Crippen molar-refractivity contribution in [2.75, 3.05) is 6.54 Å². The lowest BCUT2D eigenvalue weighted by molar-refractivity contribution is -0.122. The van der Waals surface area contributed by atoms with Gasteiger partial charge in [-0.3, -0.25) is 9.48 Å². The number of carbonyl (C=O) groups is 1. The zero-order valence-electron chi connectivity index (χ0n) is 11.5. The van der Waals surface area contributed by atoms with Crippen molar-refractivity contribution in [3.05, 3.63) is 17.5 Å². The van der Waals surface area contributed by atoms with E-state index in [2.05, 4.69) is 15.7 Å². The Balaban J connectivity index is 1.62. The topological polar surface area (TPSA) is 59.0 Å². The lowest BCUT2D eigenvalue weighted by atomic mass is 9.93. The summed E-state index contributed by atoms with van der Waals surface area (Å²) in [5.74, 6) is 0.168. The average molecular weight is 262 g/mol. The summed E-state index contributed by atoms with van der Waals surface area (Å²) in [5, 5.41) is 10.9. The van der Waals surface area contributed by atoms with Crippen LogP contribution in [-0.2, 0) is 18.3 Å². The predicted molar refractivity (Wildman–Crippen MR) is 72.7 cm³/mol. The third-order valence-corrected chi connectivity index (χ3v) is 4.31. The van der Waals surface area contributed by atoms with Crippen LogP contribution < -0.4 is 10.6 Å². The van der Waals surface area contributed by atoms with Crippen LogP contribution in [0.15, 0.2) is 6.20 Å². The number of fused-ring (bicyclic) bond motifs is 1. The van der Waals surface area contributed by atoms with Gasteiger partial charge >= 0.3 is 0 Å². The van der Waals surface area contributed by atoms with E-state index in [4.69, 9.17) is 0 Å². The Morgan fingerprint density at radius 3 is 3.21 bits per heavy atom. The fraction of sp³-hybridized carbons (Fsp3) is 0.714. The minimum Gasteiger partial charge on any atom is -0.349 e. The SMILES string of the molecule is Cn1ncc2c1CCCC2NC(=O)CC1CCCN1. The average Bonchev–Trinajstić information content (AvgIpc) is 3.01. The largest absolute Gasteiger partial charge is 0.349 e. The molecule has 1 fully saturated rings. The maximum absolute atomic E-state index is 12.1. The minimum atomic E-state index is 0.159. The zero-order chi connectivity index (χ0) is 13.2. The number of hydrogen-bond donors (Lipinski definition) is 2. The molecular formula is C14H22N4O. The van der Waals surface area contributed by atoms with Gasteiger partial charge in [0, 0.05) is 30.8 Å². The summed E-state index contributed by atoms with van der Waals surface area (Å²) >= 11 is 0. The molecule has 1 aliphatic heterocycles. The fourth-order valence-corrected chi connectivity index (χ4v) is 3.26. The van der Waals surface area contributed by atoms with E-state index in [1.54, 1.807) is 0 Å². The molecule has 0 aromatic carbocycles. The van der Waals surface area contributed by atoms with Gasteiger partial charge in [-0.15, -0.1) is 0 Å². The van der Waals surface area contributed by atoms with Crippen molar-refractivity contribution in [3.63, 3.8) is 0 Å². The first-order valence-electron chi connectivity index (χ1n) is 7.27. The second kappa shape index (κ2) is 5.33. The Bertz CT molecular complexity index is 462. The third kappa shape index (κ3) is 2.66. The molecule has 2 N–H and O–H groups in total. The van der Waals surface area contributed by atoms with Crippen LogP contribution in [0.3, 0.4) is 0 Å². The smallest absolute Gasteiger partial charge is 0.222 e. The van der Waals surface area contributed by atoms with E-state index in [1.807, 2.05) is 17.9 Å². The van der Waals surface area contributed by atoms with Crippen LogP contribution in [-0.4, -0.2) is 28.3 Å². The summed E-state index contributed by atoms with van der Waals surface area (Å²) in [4.78, 5) is 12.1. The van der Waals surface area contributed by atoms with Gasteiger partial charge in [-0.05, 0) is 38.6 Å². The maximum Gasteiger partial charge on any atom is 0.222 e. The monoisotopic (exact) mass is 262 g/mol. The van der Waals surface area contributed by atoms with Gasteiger partial charge in [-0.1, -0.05) is 0 Å². The Morgan fingerprint density at radius 2 is 2.42 bits per heavy atom. The van der Waals surface area contributed by atoms with Crippen molar-refractivity contribution in [1.29, 1.82) is 0 Å². The molecule has 1 aromatic heterocycles. The zero-order valence-corrected chi connectivity index (χ0v) is 11.5. The lowest BCUT2D eigenvalue weighted by Crippen LogP contribution is -2.35. The van der Waals surface area contributed by atoms with Crippen LogP contribution in [0.1, 0.15) is 49.4 Å². The summed E-state index contributed by atoms with van der Waals surface area (Å²) < 4.78 is 1.94. The minimum absolute atomic E-state index is 0.159. The number of nitrogens with one attached hydrogen (secondary N) is 2. The second-order valence-electron chi connectivity index (χ2n) is 5.68. The summed E-state index contributed by atoms with van der Waals surface area (Å²) in [7, 11) is 1.98. The van der Waals surface area contributed by atoms with E-state index in [1.165, 1.54) is 17.7 Å².